The predicted octanol–water partition coefficient (Wildman–Crippen LogP) is 2.24. The number of methoxy groups -OCH3 is 3. The van der Waals surface area contributed by atoms with Gasteiger partial charge in [-0.05, 0) is 35.5 Å². The Bertz CT molecular complexity index is 630. The summed E-state index contributed by atoms with van der Waals surface area (Å²) in [4.78, 5) is 18.4. The third-order valence-electron chi connectivity index (χ3n) is 3.18. The van der Waals surface area contributed by atoms with Crippen molar-refractivity contribution in [2.75, 3.05) is 35.4 Å². The van der Waals surface area contributed by atoms with E-state index < -0.39 is 0 Å². The van der Waals surface area contributed by atoms with Crippen LogP contribution in [-0.4, -0.2) is 51.4 Å². The summed E-state index contributed by atoms with van der Waals surface area (Å²) in [6, 6.07) is 3.59. The molecule has 0 aromatic heterocycles. The zero-order valence-electron chi connectivity index (χ0n) is 13.2. The second-order valence-electron chi connectivity index (χ2n) is 4.44. The molecule has 6 nitrogen and oxygen atoms in total. The number of hydrogen-bond donors (Lipinski definition) is 0. The first-order valence-electron chi connectivity index (χ1n) is 6.50. The normalized spacial score (nSPS) is 18.2. The average Bonchev–Trinajstić information content (AvgIpc) is 2.81. The highest BCUT2D eigenvalue weighted by molar-refractivity contribution is 8.18. The maximum atomic E-state index is 12.2. The predicted molar refractivity (Wildman–Crippen MR) is 87.8 cm³/mol. The molecule has 0 bridgehead atoms. The van der Waals surface area contributed by atoms with Crippen molar-refractivity contribution < 1.29 is 19.0 Å². The molecule has 0 spiro atoms. The van der Waals surface area contributed by atoms with Crippen molar-refractivity contribution in [3.8, 4) is 17.2 Å². The van der Waals surface area contributed by atoms with Crippen LogP contribution in [0.1, 0.15) is 5.56 Å². The van der Waals surface area contributed by atoms with Gasteiger partial charge in [0.1, 0.15) is 0 Å². The van der Waals surface area contributed by atoms with Gasteiger partial charge in [-0.1, -0.05) is 0 Å². The van der Waals surface area contributed by atoms with Gasteiger partial charge in [-0.15, -0.1) is 0 Å². The lowest BCUT2D eigenvalue weighted by Crippen LogP contribution is -2.23. The number of likely N-dealkylation sites (N-methyl/N-ethyl adjacent to an activating group) is 1. The van der Waals surface area contributed by atoms with Crippen LogP contribution < -0.4 is 14.2 Å². The minimum absolute atomic E-state index is 0.0839. The summed E-state index contributed by atoms with van der Waals surface area (Å²) in [6.45, 7) is 0. The lowest BCUT2D eigenvalue weighted by molar-refractivity contribution is -0.121. The Morgan fingerprint density at radius 1 is 1.14 bits per heavy atom. The highest BCUT2D eigenvalue weighted by atomic mass is 32.2. The Labute approximate surface area is 133 Å². The molecule has 1 amide bonds. The Morgan fingerprint density at radius 2 is 1.73 bits per heavy atom. The standard InChI is InChI=1S/C15H18N2O4S/c1-16-15-17(2)14(18)12(22-15)8-9-6-10(19-3)13(21-5)11(7-9)20-4/h6-8H,1-5H3/b12-8+,16-15?. The molecule has 0 N–H and O–H groups in total. The van der Waals surface area contributed by atoms with Gasteiger partial charge in [-0.3, -0.25) is 14.7 Å². The Hall–Kier alpha value is -2.15. The molecule has 1 aromatic rings. The van der Waals surface area contributed by atoms with Crippen molar-refractivity contribution in [1.82, 2.24) is 4.90 Å². The molecule has 0 aliphatic carbocycles. The van der Waals surface area contributed by atoms with Crippen molar-refractivity contribution in [2.45, 2.75) is 0 Å². The number of amides is 1. The number of rotatable bonds is 4. The van der Waals surface area contributed by atoms with Gasteiger partial charge in [0.2, 0.25) is 5.75 Å². The zero-order chi connectivity index (χ0) is 16.3. The van der Waals surface area contributed by atoms with Gasteiger partial charge in [0, 0.05) is 14.1 Å². The number of amidine groups is 1. The molecule has 2 rings (SSSR count). The highest BCUT2D eigenvalue weighted by Crippen LogP contribution is 2.40. The van der Waals surface area contributed by atoms with Crippen LogP contribution >= 0.6 is 11.8 Å². The van der Waals surface area contributed by atoms with Crippen LogP contribution in [0.25, 0.3) is 6.08 Å². The molecule has 0 radical (unpaired) electrons. The Balaban J connectivity index is 2.46. The first-order valence-corrected chi connectivity index (χ1v) is 7.31. The zero-order valence-corrected chi connectivity index (χ0v) is 14.0. The molecule has 1 aliphatic rings. The van der Waals surface area contributed by atoms with Crippen LogP contribution in [0.5, 0.6) is 17.2 Å². The van der Waals surface area contributed by atoms with Gasteiger partial charge in [0.25, 0.3) is 5.91 Å². The summed E-state index contributed by atoms with van der Waals surface area (Å²) in [5.74, 6) is 1.52. The monoisotopic (exact) mass is 322 g/mol. The smallest absolute Gasteiger partial charge is 0.266 e. The minimum Gasteiger partial charge on any atom is -0.493 e. The third kappa shape index (κ3) is 2.89. The lowest BCUT2D eigenvalue weighted by atomic mass is 10.1. The van der Waals surface area contributed by atoms with Gasteiger partial charge >= 0.3 is 0 Å². The molecule has 0 saturated carbocycles. The van der Waals surface area contributed by atoms with Gasteiger partial charge in [-0.25, -0.2) is 0 Å². The number of hydrogen-bond acceptors (Lipinski definition) is 6. The van der Waals surface area contributed by atoms with Crippen LogP contribution in [0.15, 0.2) is 22.0 Å². The summed E-state index contributed by atoms with van der Waals surface area (Å²) in [7, 11) is 8.02. The number of aliphatic imine (C=N–C) groups is 1. The third-order valence-corrected chi connectivity index (χ3v) is 4.33. The second-order valence-corrected chi connectivity index (χ2v) is 5.45. The quantitative estimate of drug-likeness (QED) is 0.796. The van der Waals surface area contributed by atoms with Crippen molar-refractivity contribution in [1.29, 1.82) is 0 Å². The molecule has 1 aromatic carbocycles. The Morgan fingerprint density at radius 3 is 2.14 bits per heavy atom. The summed E-state index contributed by atoms with van der Waals surface area (Å²) in [6.07, 6.45) is 1.78. The molecule has 1 saturated heterocycles. The molecular weight excluding hydrogens is 304 g/mol. The van der Waals surface area contributed by atoms with Crippen LogP contribution in [0.4, 0.5) is 0 Å². The van der Waals surface area contributed by atoms with E-state index in [2.05, 4.69) is 4.99 Å². The van der Waals surface area contributed by atoms with Gasteiger partial charge in [0.05, 0.1) is 26.2 Å². The second kappa shape index (κ2) is 6.74. The van der Waals surface area contributed by atoms with Crippen LogP contribution in [0.3, 0.4) is 0 Å². The summed E-state index contributed by atoms with van der Waals surface area (Å²) in [5, 5.41) is 0.670. The first kappa shape index (κ1) is 16.2. The lowest BCUT2D eigenvalue weighted by Gasteiger charge is -2.13. The van der Waals surface area contributed by atoms with Gasteiger partial charge in [-0.2, -0.15) is 0 Å². The highest BCUT2D eigenvalue weighted by Gasteiger charge is 2.29. The maximum absolute atomic E-state index is 12.2. The average molecular weight is 322 g/mol. The number of thioether (sulfide) groups is 1. The molecule has 0 unspecified atom stereocenters. The van der Waals surface area contributed by atoms with E-state index in [1.54, 1.807) is 53.6 Å². The summed E-state index contributed by atoms with van der Waals surface area (Å²) >= 11 is 1.33. The van der Waals surface area contributed by atoms with E-state index >= 15 is 0 Å². The van der Waals surface area contributed by atoms with E-state index in [4.69, 9.17) is 14.2 Å². The van der Waals surface area contributed by atoms with Crippen molar-refractivity contribution in [3.05, 3.63) is 22.6 Å². The van der Waals surface area contributed by atoms with E-state index in [1.807, 2.05) is 0 Å². The first-order chi connectivity index (χ1) is 10.5. The van der Waals surface area contributed by atoms with Gasteiger partial charge in [0.15, 0.2) is 16.7 Å². The van der Waals surface area contributed by atoms with E-state index in [-0.39, 0.29) is 5.91 Å². The number of carbonyl (C=O) groups excluding carboxylic acids is 1. The number of carbonyl (C=O) groups is 1. The van der Waals surface area contributed by atoms with E-state index in [0.29, 0.717) is 27.3 Å². The molecule has 22 heavy (non-hydrogen) atoms. The topological polar surface area (TPSA) is 60.4 Å². The van der Waals surface area contributed by atoms with Gasteiger partial charge < -0.3 is 14.2 Å². The fourth-order valence-corrected chi connectivity index (χ4v) is 3.01. The fourth-order valence-electron chi connectivity index (χ4n) is 2.09. The number of benzene rings is 1. The van der Waals surface area contributed by atoms with Crippen LogP contribution in [0.2, 0.25) is 0 Å². The summed E-state index contributed by atoms with van der Waals surface area (Å²) < 4.78 is 15.9. The van der Waals surface area contributed by atoms with E-state index in [9.17, 15) is 4.79 Å². The molecule has 1 heterocycles. The summed E-state index contributed by atoms with van der Waals surface area (Å²) in [5.41, 5.74) is 0.788. The van der Waals surface area contributed by atoms with Crippen molar-refractivity contribution in [3.63, 3.8) is 0 Å². The molecule has 1 aliphatic heterocycles. The molecular formula is C15H18N2O4S. The van der Waals surface area contributed by atoms with E-state index in [0.717, 1.165) is 5.56 Å². The number of ether oxygens (including phenoxy) is 3. The minimum atomic E-state index is -0.0839. The Kier molecular flexibility index (Phi) is 4.97. The van der Waals surface area contributed by atoms with E-state index in [1.165, 1.54) is 16.7 Å². The molecule has 118 valence electrons. The van der Waals surface area contributed by atoms with Crippen molar-refractivity contribution >= 4 is 28.9 Å². The fraction of sp³-hybridized carbons (Fsp3) is 0.333. The maximum Gasteiger partial charge on any atom is 0.266 e. The SMILES string of the molecule is CN=C1S/C(=C/c2cc(OC)c(OC)c(OC)c2)C(=O)N1C. The number of nitrogens with zero attached hydrogens (tertiary/aromatic N) is 2. The molecule has 0 atom stereocenters. The van der Waals surface area contributed by atoms with Crippen LogP contribution in [0, 0.1) is 0 Å². The van der Waals surface area contributed by atoms with Crippen molar-refractivity contribution in [2.24, 2.45) is 4.99 Å². The molecule has 1 fully saturated rings. The largest absolute Gasteiger partial charge is 0.493 e. The molecule has 7 heteroatoms. The van der Waals surface area contributed by atoms with Crippen LogP contribution in [-0.2, 0) is 4.79 Å².